The molecule has 0 unspecified atom stereocenters. The molecule has 19 heteroatoms. The standard InChI is InChI=1S/C44H63N5O13S/c1-44(2,3)62-41(53)12-10-8-6-4-5-7-9-11-34-13-17-37(18-14-34)61-31-35-15-19-38(20-16-35)63(55,56)49-36-29-47-42(48-30-36)43(54)46-22-24-58-25-27-59-32-39(50)45-21-23-57-26-28-60-33-40(51)52/h13-20,29-30,49H,4-12,21-28,31-33H2,1-3H3,(H,45,50)(H,46,54)(H,51,52). The third-order valence-corrected chi connectivity index (χ3v) is 10.1. The lowest BCUT2D eigenvalue weighted by Gasteiger charge is -2.19. The Kier molecular flexibility index (Phi) is 24.2. The number of sulfonamides is 1. The minimum atomic E-state index is -3.96. The number of nitrogens with one attached hydrogen (secondary N) is 3. The molecule has 3 aromatic rings. The number of esters is 1. The predicted octanol–water partition coefficient (Wildman–Crippen LogP) is 4.86. The molecule has 0 spiro atoms. The summed E-state index contributed by atoms with van der Waals surface area (Å²) in [4.78, 5) is 54.3. The van der Waals surface area contributed by atoms with Crippen LogP contribution < -0.4 is 20.1 Å². The first kappa shape index (κ1) is 52.1. The fraction of sp³-hybridized carbons (Fsp3) is 0.545. The summed E-state index contributed by atoms with van der Waals surface area (Å²) in [5.41, 5.74) is 1.69. The molecule has 3 rings (SSSR count). The van der Waals surface area contributed by atoms with Crippen LogP contribution in [0, 0.1) is 0 Å². The third kappa shape index (κ3) is 24.3. The second-order valence-corrected chi connectivity index (χ2v) is 17.1. The molecule has 2 aromatic carbocycles. The largest absolute Gasteiger partial charge is 0.489 e. The summed E-state index contributed by atoms with van der Waals surface area (Å²) in [5.74, 6) is -1.52. The minimum absolute atomic E-state index is 0.0327. The van der Waals surface area contributed by atoms with Crippen LogP contribution in [0.1, 0.15) is 93.9 Å². The van der Waals surface area contributed by atoms with Gasteiger partial charge in [-0.2, -0.15) is 0 Å². The van der Waals surface area contributed by atoms with E-state index in [1.807, 2.05) is 32.9 Å². The molecule has 0 fully saturated rings. The van der Waals surface area contributed by atoms with Gasteiger partial charge < -0.3 is 44.2 Å². The van der Waals surface area contributed by atoms with E-state index >= 15 is 0 Å². The number of amides is 2. The van der Waals surface area contributed by atoms with Gasteiger partial charge in [0, 0.05) is 19.5 Å². The maximum Gasteiger partial charge on any atom is 0.329 e. The van der Waals surface area contributed by atoms with E-state index in [0.717, 1.165) is 49.8 Å². The molecule has 1 aromatic heterocycles. The van der Waals surface area contributed by atoms with Crippen LogP contribution in [0.5, 0.6) is 5.75 Å². The Morgan fingerprint density at radius 1 is 0.667 bits per heavy atom. The summed E-state index contributed by atoms with van der Waals surface area (Å²) in [6.45, 7) is 6.85. The number of carbonyl (C=O) groups is 4. The van der Waals surface area contributed by atoms with Crippen LogP contribution in [-0.4, -0.2) is 119 Å². The number of hydrogen-bond acceptors (Lipinski definition) is 14. The number of carbonyl (C=O) groups excluding carboxylic acids is 3. The van der Waals surface area contributed by atoms with Crippen molar-refractivity contribution in [2.45, 2.75) is 95.7 Å². The van der Waals surface area contributed by atoms with Crippen molar-refractivity contribution in [2.24, 2.45) is 0 Å². The molecule has 4 N–H and O–H groups in total. The quantitative estimate of drug-likeness (QED) is 0.0472. The average Bonchev–Trinajstić information content (AvgIpc) is 3.24. The zero-order valence-electron chi connectivity index (χ0n) is 36.6. The predicted molar refractivity (Wildman–Crippen MR) is 233 cm³/mol. The summed E-state index contributed by atoms with van der Waals surface area (Å²) in [7, 11) is -3.96. The Bertz CT molecular complexity index is 1910. The number of unbranched alkanes of at least 4 members (excludes halogenated alkanes) is 6. The number of aliphatic carboxylic acids is 1. The Balaban J connectivity index is 1.23. The summed E-state index contributed by atoms with van der Waals surface area (Å²) in [5, 5.41) is 13.7. The van der Waals surface area contributed by atoms with Gasteiger partial charge in [0.15, 0.2) is 0 Å². The van der Waals surface area contributed by atoms with Gasteiger partial charge >= 0.3 is 11.9 Å². The second-order valence-electron chi connectivity index (χ2n) is 15.4. The molecule has 0 bridgehead atoms. The van der Waals surface area contributed by atoms with Crippen LogP contribution in [-0.2, 0) is 61.1 Å². The molecular formula is C44H63N5O13S. The molecular weight excluding hydrogens is 839 g/mol. The first-order valence-corrected chi connectivity index (χ1v) is 22.6. The Hall–Kier alpha value is -5.21. The Labute approximate surface area is 370 Å². The van der Waals surface area contributed by atoms with E-state index in [9.17, 15) is 27.6 Å². The van der Waals surface area contributed by atoms with Crippen molar-refractivity contribution in [2.75, 3.05) is 70.7 Å². The van der Waals surface area contributed by atoms with Crippen LogP contribution >= 0.6 is 0 Å². The minimum Gasteiger partial charge on any atom is -0.489 e. The molecule has 63 heavy (non-hydrogen) atoms. The summed E-state index contributed by atoms with van der Waals surface area (Å²) < 4.78 is 60.4. The number of nitrogens with zero attached hydrogens (tertiary/aromatic N) is 2. The number of benzene rings is 2. The molecule has 0 atom stereocenters. The number of anilines is 1. The molecule has 0 aliphatic heterocycles. The lowest BCUT2D eigenvalue weighted by Crippen LogP contribution is -2.31. The van der Waals surface area contributed by atoms with Crippen LogP contribution in [0.4, 0.5) is 5.69 Å². The molecule has 0 radical (unpaired) electrons. The maximum absolute atomic E-state index is 13.0. The molecule has 2 amide bonds. The van der Waals surface area contributed by atoms with Gasteiger partial charge in [0.05, 0.1) is 62.6 Å². The fourth-order valence-corrected chi connectivity index (χ4v) is 6.69. The number of aryl methyl sites for hydroxylation is 1. The monoisotopic (exact) mass is 901 g/mol. The fourth-order valence-electron chi connectivity index (χ4n) is 5.66. The lowest BCUT2D eigenvalue weighted by molar-refractivity contribution is -0.155. The highest BCUT2D eigenvalue weighted by molar-refractivity contribution is 7.92. The van der Waals surface area contributed by atoms with Crippen molar-refractivity contribution in [3.8, 4) is 5.75 Å². The molecule has 1 heterocycles. The van der Waals surface area contributed by atoms with Crippen molar-refractivity contribution in [3.05, 3.63) is 77.9 Å². The molecule has 0 saturated carbocycles. The van der Waals surface area contributed by atoms with Gasteiger partial charge in [-0.3, -0.25) is 19.1 Å². The van der Waals surface area contributed by atoms with Gasteiger partial charge in [-0.25, -0.2) is 23.2 Å². The number of carboxylic acid groups (broad SMARTS) is 1. The first-order valence-electron chi connectivity index (χ1n) is 21.2. The Morgan fingerprint density at radius 2 is 1.22 bits per heavy atom. The van der Waals surface area contributed by atoms with Gasteiger partial charge in [-0.05, 0) is 75.4 Å². The number of rotatable bonds is 33. The smallest absolute Gasteiger partial charge is 0.329 e. The van der Waals surface area contributed by atoms with Gasteiger partial charge in [0.25, 0.3) is 15.9 Å². The van der Waals surface area contributed by atoms with E-state index < -0.39 is 34.1 Å². The van der Waals surface area contributed by atoms with Gasteiger partial charge in [-0.1, -0.05) is 56.4 Å². The molecule has 0 saturated heterocycles. The number of carboxylic acids is 1. The number of ether oxygens (including phenoxy) is 6. The van der Waals surface area contributed by atoms with Crippen LogP contribution in [0.3, 0.4) is 0 Å². The van der Waals surface area contributed by atoms with Crippen LogP contribution in [0.25, 0.3) is 0 Å². The van der Waals surface area contributed by atoms with Crippen molar-refractivity contribution in [1.82, 2.24) is 20.6 Å². The molecule has 0 aliphatic rings. The van der Waals surface area contributed by atoms with Crippen LogP contribution in [0.15, 0.2) is 65.8 Å². The topological polar surface area (TPSA) is 240 Å². The highest BCUT2D eigenvalue weighted by atomic mass is 32.2. The van der Waals surface area contributed by atoms with Crippen molar-refractivity contribution in [3.63, 3.8) is 0 Å². The van der Waals surface area contributed by atoms with E-state index in [1.54, 1.807) is 12.1 Å². The molecule has 348 valence electrons. The summed E-state index contributed by atoms with van der Waals surface area (Å²) in [6.07, 6.45) is 11.5. The Morgan fingerprint density at radius 3 is 1.84 bits per heavy atom. The van der Waals surface area contributed by atoms with Crippen molar-refractivity contribution < 1.29 is 61.1 Å². The van der Waals surface area contributed by atoms with E-state index in [-0.39, 0.29) is 94.2 Å². The zero-order valence-corrected chi connectivity index (χ0v) is 37.4. The second kappa shape index (κ2) is 29.2. The summed E-state index contributed by atoms with van der Waals surface area (Å²) >= 11 is 0. The SMILES string of the molecule is CC(C)(C)OC(=O)CCCCCCCCCc1ccc(OCc2ccc(S(=O)(=O)Nc3cnc(C(=O)NCCOCCOCC(=O)NCCOCCOCC(=O)O)nc3)cc2)cc1. The van der Waals surface area contributed by atoms with Gasteiger partial charge in [0.1, 0.15) is 31.2 Å². The van der Waals surface area contributed by atoms with Crippen LogP contribution in [0.2, 0.25) is 0 Å². The van der Waals surface area contributed by atoms with E-state index in [2.05, 4.69) is 37.5 Å². The first-order chi connectivity index (χ1) is 30.2. The maximum atomic E-state index is 13.0. The van der Waals surface area contributed by atoms with E-state index in [1.165, 1.54) is 42.9 Å². The molecule has 0 aliphatic carbocycles. The lowest BCUT2D eigenvalue weighted by atomic mass is 10.0. The number of hydrogen-bond donors (Lipinski definition) is 4. The summed E-state index contributed by atoms with van der Waals surface area (Å²) in [6, 6.07) is 14.3. The third-order valence-electron chi connectivity index (χ3n) is 8.74. The van der Waals surface area contributed by atoms with Crippen molar-refractivity contribution >= 4 is 39.5 Å². The van der Waals surface area contributed by atoms with E-state index in [0.29, 0.717) is 6.42 Å². The van der Waals surface area contributed by atoms with Gasteiger partial charge in [-0.15, -0.1) is 0 Å². The zero-order chi connectivity index (χ0) is 45.8. The van der Waals surface area contributed by atoms with Crippen molar-refractivity contribution in [1.29, 1.82) is 0 Å². The number of aromatic nitrogens is 2. The normalized spacial score (nSPS) is 11.5. The highest BCUT2D eigenvalue weighted by Gasteiger charge is 2.17. The highest BCUT2D eigenvalue weighted by Crippen LogP contribution is 2.19. The van der Waals surface area contributed by atoms with E-state index in [4.69, 9.17) is 33.5 Å². The average molecular weight is 902 g/mol. The molecule has 18 nitrogen and oxygen atoms in total. The van der Waals surface area contributed by atoms with Gasteiger partial charge in [0.2, 0.25) is 11.7 Å².